The molecule has 3 unspecified atom stereocenters. The van der Waals surface area contributed by atoms with Crippen molar-refractivity contribution in [2.45, 2.75) is 63.1 Å². The minimum Gasteiger partial charge on any atom is -0.375 e. The standard InChI is InChI=1S/C29H40F3N3O2/c1-20(26-16-23(26)18-33-10-2-3-15-36)34-11-6-21(7-12-34)25-5-4-24(29(30,31)32)17-27(25)35-13-8-22(9-14-35)28-19-37-28/h4-5,15,17,21-23,26,28,33H,1-3,6-14,16,18-19H2. The van der Waals surface area contributed by atoms with Crippen LogP contribution in [0, 0.1) is 17.8 Å². The Bertz CT molecular complexity index is 948. The number of carbonyl (C=O) groups excluding carboxylic acids is 1. The Hall–Kier alpha value is -2.06. The summed E-state index contributed by atoms with van der Waals surface area (Å²) in [6.07, 6.45) is 3.47. The second kappa shape index (κ2) is 11.4. The first-order valence-corrected chi connectivity index (χ1v) is 14.0. The van der Waals surface area contributed by atoms with Gasteiger partial charge < -0.3 is 24.6 Å². The van der Waals surface area contributed by atoms with Crippen molar-refractivity contribution in [1.29, 1.82) is 0 Å². The number of alkyl halides is 3. The van der Waals surface area contributed by atoms with Crippen LogP contribution >= 0.6 is 0 Å². The van der Waals surface area contributed by atoms with Gasteiger partial charge in [0, 0.05) is 49.9 Å². The van der Waals surface area contributed by atoms with Gasteiger partial charge in [-0.1, -0.05) is 12.6 Å². The highest BCUT2D eigenvalue weighted by molar-refractivity contribution is 5.58. The van der Waals surface area contributed by atoms with Gasteiger partial charge in [0.2, 0.25) is 0 Å². The van der Waals surface area contributed by atoms with Gasteiger partial charge >= 0.3 is 6.18 Å². The monoisotopic (exact) mass is 519 g/mol. The first-order chi connectivity index (χ1) is 17.8. The highest BCUT2D eigenvalue weighted by Crippen LogP contribution is 2.46. The maximum atomic E-state index is 13.6. The van der Waals surface area contributed by atoms with Crippen molar-refractivity contribution in [2.75, 3.05) is 50.8 Å². The molecule has 5 rings (SSSR count). The lowest BCUT2D eigenvalue weighted by atomic mass is 9.86. The summed E-state index contributed by atoms with van der Waals surface area (Å²) in [7, 11) is 0. The van der Waals surface area contributed by atoms with Crippen LogP contribution in [0.1, 0.15) is 62.0 Å². The number of piperidine rings is 2. The molecule has 0 spiro atoms. The smallest absolute Gasteiger partial charge is 0.375 e. The minimum absolute atomic E-state index is 0.264. The average Bonchev–Trinajstić information content (AvgIpc) is 3.83. The largest absolute Gasteiger partial charge is 0.416 e. The molecule has 37 heavy (non-hydrogen) atoms. The van der Waals surface area contributed by atoms with E-state index in [4.69, 9.17) is 4.74 Å². The molecule has 1 N–H and O–H groups in total. The summed E-state index contributed by atoms with van der Waals surface area (Å²) in [4.78, 5) is 15.0. The zero-order chi connectivity index (χ0) is 26.0. The van der Waals surface area contributed by atoms with E-state index in [1.165, 1.54) is 17.8 Å². The number of likely N-dealkylation sites (tertiary alicyclic amines) is 1. The molecule has 3 heterocycles. The Balaban J connectivity index is 1.18. The fourth-order valence-corrected chi connectivity index (χ4v) is 6.37. The summed E-state index contributed by atoms with van der Waals surface area (Å²) in [5.74, 6) is 1.94. The number of unbranched alkanes of at least 4 members (excludes halogenated alkanes) is 1. The molecule has 3 aliphatic heterocycles. The maximum Gasteiger partial charge on any atom is 0.416 e. The van der Waals surface area contributed by atoms with Gasteiger partial charge in [0.15, 0.2) is 0 Å². The molecule has 3 saturated heterocycles. The van der Waals surface area contributed by atoms with Crippen molar-refractivity contribution in [3.8, 4) is 0 Å². The Morgan fingerprint density at radius 2 is 1.86 bits per heavy atom. The van der Waals surface area contributed by atoms with E-state index < -0.39 is 11.7 Å². The molecule has 1 aromatic carbocycles. The Labute approximate surface area is 218 Å². The number of halogens is 3. The van der Waals surface area contributed by atoms with Crippen LogP contribution in [0.2, 0.25) is 0 Å². The molecule has 8 heteroatoms. The molecule has 1 saturated carbocycles. The van der Waals surface area contributed by atoms with Crippen molar-refractivity contribution < 1.29 is 22.7 Å². The third kappa shape index (κ3) is 6.51. The number of benzene rings is 1. The highest BCUT2D eigenvalue weighted by atomic mass is 19.4. The van der Waals surface area contributed by atoms with E-state index in [1.807, 2.05) is 0 Å². The molecule has 1 aliphatic carbocycles. The topological polar surface area (TPSA) is 48.1 Å². The summed E-state index contributed by atoms with van der Waals surface area (Å²) in [5, 5.41) is 3.45. The molecule has 0 aromatic heterocycles. The number of anilines is 1. The Morgan fingerprint density at radius 1 is 1.14 bits per heavy atom. The maximum absolute atomic E-state index is 13.6. The normalized spacial score (nSPS) is 26.8. The van der Waals surface area contributed by atoms with E-state index in [-0.39, 0.29) is 5.92 Å². The van der Waals surface area contributed by atoms with Gasteiger partial charge in [0.1, 0.15) is 6.29 Å². The lowest BCUT2D eigenvalue weighted by Crippen LogP contribution is -2.37. The van der Waals surface area contributed by atoms with Crippen LogP contribution in [0.3, 0.4) is 0 Å². The van der Waals surface area contributed by atoms with E-state index >= 15 is 0 Å². The number of rotatable bonds is 11. The van der Waals surface area contributed by atoms with E-state index in [0.717, 1.165) is 102 Å². The lowest BCUT2D eigenvalue weighted by Gasteiger charge is -2.39. The van der Waals surface area contributed by atoms with Crippen LogP contribution < -0.4 is 10.2 Å². The number of carbonyl (C=O) groups is 1. The first-order valence-electron chi connectivity index (χ1n) is 14.0. The van der Waals surface area contributed by atoms with Gasteiger partial charge in [-0.15, -0.1) is 0 Å². The van der Waals surface area contributed by atoms with Gasteiger partial charge in [0.05, 0.1) is 18.3 Å². The quantitative estimate of drug-likeness (QED) is 0.247. The van der Waals surface area contributed by atoms with Crippen LogP contribution in [-0.2, 0) is 15.7 Å². The van der Waals surface area contributed by atoms with Crippen LogP contribution in [0.25, 0.3) is 0 Å². The number of nitrogens with one attached hydrogen (secondary N) is 1. The van der Waals surface area contributed by atoms with E-state index in [2.05, 4.69) is 21.7 Å². The van der Waals surface area contributed by atoms with Crippen LogP contribution in [0.5, 0.6) is 0 Å². The minimum atomic E-state index is -4.33. The summed E-state index contributed by atoms with van der Waals surface area (Å²) >= 11 is 0. The molecular weight excluding hydrogens is 479 g/mol. The molecular formula is C29H40F3N3O2. The second-order valence-corrected chi connectivity index (χ2v) is 11.3. The number of epoxide rings is 1. The van der Waals surface area contributed by atoms with Gasteiger partial charge in [-0.3, -0.25) is 0 Å². The third-order valence-electron chi connectivity index (χ3n) is 8.90. The fourth-order valence-electron chi connectivity index (χ4n) is 6.37. The molecule has 0 amide bonds. The van der Waals surface area contributed by atoms with E-state index in [1.54, 1.807) is 6.07 Å². The van der Waals surface area contributed by atoms with E-state index in [0.29, 0.717) is 30.3 Å². The van der Waals surface area contributed by atoms with Crippen LogP contribution in [0.15, 0.2) is 30.5 Å². The SMILES string of the molecule is C=C(C1CC1CNCCCC=O)N1CCC(c2ccc(C(F)(F)F)cc2N2CCC(C3CO3)CC2)CC1. The van der Waals surface area contributed by atoms with E-state index in [9.17, 15) is 18.0 Å². The number of allylic oxidation sites excluding steroid dienone is 1. The summed E-state index contributed by atoms with van der Waals surface area (Å²) in [6.45, 7) is 10.5. The molecule has 0 radical (unpaired) electrons. The van der Waals surface area contributed by atoms with Crippen molar-refractivity contribution in [3.05, 3.63) is 41.6 Å². The molecule has 4 aliphatic rings. The highest BCUT2D eigenvalue weighted by Gasteiger charge is 2.41. The zero-order valence-electron chi connectivity index (χ0n) is 21.6. The number of nitrogens with zero attached hydrogens (tertiary/aromatic N) is 2. The number of hydrogen-bond donors (Lipinski definition) is 1. The lowest BCUT2D eigenvalue weighted by molar-refractivity contribution is -0.137. The van der Waals surface area contributed by atoms with Gasteiger partial charge in [0.25, 0.3) is 0 Å². The molecule has 5 nitrogen and oxygen atoms in total. The summed E-state index contributed by atoms with van der Waals surface area (Å²) in [5.41, 5.74) is 2.52. The molecule has 1 aromatic rings. The third-order valence-corrected chi connectivity index (χ3v) is 8.90. The Morgan fingerprint density at radius 3 is 2.51 bits per heavy atom. The second-order valence-electron chi connectivity index (χ2n) is 11.3. The molecule has 4 fully saturated rings. The molecule has 0 bridgehead atoms. The van der Waals surface area contributed by atoms with Gasteiger partial charge in [-0.25, -0.2) is 0 Å². The summed E-state index contributed by atoms with van der Waals surface area (Å²) < 4.78 is 46.3. The molecule has 204 valence electrons. The predicted molar refractivity (Wildman–Crippen MR) is 139 cm³/mol. The number of hydrogen-bond acceptors (Lipinski definition) is 5. The van der Waals surface area contributed by atoms with Crippen molar-refractivity contribution in [3.63, 3.8) is 0 Å². The fraction of sp³-hybridized carbons (Fsp3) is 0.690. The summed E-state index contributed by atoms with van der Waals surface area (Å²) in [6, 6.07) is 4.41. The van der Waals surface area contributed by atoms with Crippen LogP contribution in [-0.4, -0.2) is 63.2 Å². The van der Waals surface area contributed by atoms with Crippen molar-refractivity contribution in [2.24, 2.45) is 17.8 Å². The number of ether oxygens (including phenoxy) is 1. The van der Waals surface area contributed by atoms with Gasteiger partial charge in [-0.2, -0.15) is 13.2 Å². The average molecular weight is 520 g/mol. The van der Waals surface area contributed by atoms with Crippen molar-refractivity contribution in [1.82, 2.24) is 10.2 Å². The predicted octanol–water partition coefficient (Wildman–Crippen LogP) is 5.22. The first kappa shape index (κ1) is 26.5. The zero-order valence-corrected chi connectivity index (χ0v) is 21.6. The van der Waals surface area contributed by atoms with Gasteiger partial charge in [-0.05, 0) is 87.1 Å². The van der Waals surface area contributed by atoms with Crippen molar-refractivity contribution >= 4 is 12.0 Å². The molecule has 3 atom stereocenters. The van der Waals surface area contributed by atoms with Crippen LogP contribution in [0.4, 0.5) is 18.9 Å². The number of aldehydes is 1. The Kier molecular flexibility index (Phi) is 8.15.